The minimum Gasteiger partial charge on any atom is -0.368 e. The normalized spacial score (nSPS) is 11.9. The topological polar surface area (TPSA) is 108 Å². The zero-order chi connectivity index (χ0) is 10.3. The van der Waals surface area contributed by atoms with Crippen LogP contribution in [0.25, 0.3) is 0 Å². The lowest BCUT2D eigenvalue weighted by Gasteiger charge is -2.09. The molecule has 0 unspecified atom stereocenters. The molecule has 2 amide bonds. The van der Waals surface area contributed by atoms with Gasteiger partial charge >= 0.3 is 0 Å². The van der Waals surface area contributed by atoms with Crippen LogP contribution < -0.4 is 11.0 Å². The quantitative estimate of drug-likeness (QED) is 0.323. The molecule has 1 atom stereocenters. The molecule has 13 heavy (non-hydrogen) atoms. The predicted molar refractivity (Wildman–Crippen MR) is 39.9 cm³/mol. The molecule has 0 aliphatic rings. The Labute approximate surface area is 74.6 Å². The Hall–Kier alpha value is -1.18. The van der Waals surface area contributed by atoms with E-state index >= 15 is 0 Å². The zero-order valence-corrected chi connectivity index (χ0v) is 7.11. The number of carbonyl (C=O) groups is 2. The fourth-order valence-electron chi connectivity index (χ4n) is 0.551. The molecule has 0 aromatic carbocycles. The Morgan fingerprint density at radius 1 is 1.38 bits per heavy atom. The fraction of sp³-hybridized carbons (Fsp3) is 0.667. The Bertz CT molecular complexity index is 184. The second-order valence-corrected chi connectivity index (χ2v) is 2.27. The molecule has 0 bridgehead atoms. The molecule has 0 aliphatic heterocycles. The third-order valence-electron chi connectivity index (χ3n) is 1.30. The van der Waals surface area contributed by atoms with E-state index < -0.39 is 17.9 Å². The first-order chi connectivity index (χ1) is 6.11. The third kappa shape index (κ3) is 5.12. The Morgan fingerprint density at radius 2 is 2.00 bits per heavy atom. The van der Waals surface area contributed by atoms with Crippen molar-refractivity contribution in [3.8, 4) is 0 Å². The van der Waals surface area contributed by atoms with Gasteiger partial charge in [0.1, 0.15) is 6.10 Å². The van der Waals surface area contributed by atoms with Gasteiger partial charge < -0.3 is 4.74 Å². The van der Waals surface area contributed by atoms with Crippen LogP contribution in [0.2, 0.25) is 0 Å². The summed E-state index contributed by atoms with van der Waals surface area (Å²) >= 11 is 0. The molecule has 0 spiro atoms. The van der Waals surface area contributed by atoms with Gasteiger partial charge in [0.2, 0.25) is 5.91 Å². The molecule has 0 rings (SSSR count). The molecular weight excluding hydrogens is 180 g/mol. The van der Waals surface area contributed by atoms with Crippen LogP contribution in [0.4, 0.5) is 0 Å². The number of nitrogens with one attached hydrogen (secondary N) is 2. The van der Waals surface area contributed by atoms with Crippen molar-refractivity contribution in [2.75, 3.05) is 6.61 Å². The van der Waals surface area contributed by atoms with Gasteiger partial charge in [0.05, 0.1) is 13.0 Å². The summed E-state index contributed by atoms with van der Waals surface area (Å²) in [6, 6.07) is 0. The molecule has 0 aromatic heterocycles. The van der Waals surface area contributed by atoms with E-state index in [1.807, 2.05) is 0 Å². The van der Waals surface area contributed by atoms with Gasteiger partial charge in [0, 0.05) is 0 Å². The number of carbonyl (C=O) groups excluding carboxylic acids is 2. The van der Waals surface area contributed by atoms with Gasteiger partial charge in [-0.2, -0.15) is 0 Å². The summed E-state index contributed by atoms with van der Waals surface area (Å²) in [4.78, 5) is 21.1. The van der Waals surface area contributed by atoms with E-state index in [9.17, 15) is 9.59 Å². The Balaban J connectivity index is 3.53. The lowest BCUT2D eigenvalue weighted by molar-refractivity contribution is -0.142. The standard InChI is InChI=1S/C6H12N2O5/c1-4(6(10)8-12)13-3-2-5(9)7-11/h4,11-12H,2-3H2,1H3,(H,7,9)(H,8,10)/t4-/m1/s1. The largest absolute Gasteiger partial charge is 0.368 e. The smallest absolute Gasteiger partial charge is 0.272 e. The van der Waals surface area contributed by atoms with Crippen molar-refractivity contribution in [3.05, 3.63) is 0 Å². The highest BCUT2D eigenvalue weighted by atomic mass is 16.5. The molecule has 0 saturated carbocycles. The van der Waals surface area contributed by atoms with Crippen LogP contribution in [-0.2, 0) is 14.3 Å². The van der Waals surface area contributed by atoms with Crippen LogP contribution in [0.15, 0.2) is 0 Å². The monoisotopic (exact) mass is 192 g/mol. The summed E-state index contributed by atoms with van der Waals surface area (Å²) in [5.74, 6) is -1.29. The van der Waals surface area contributed by atoms with E-state index in [1.165, 1.54) is 17.9 Å². The molecule has 0 aliphatic carbocycles. The van der Waals surface area contributed by atoms with Crippen molar-refractivity contribution >= 4 is 11.8 Å². The second-order valence-electron chi connectivity index (χ2n) is 2.27. The van der Waals surface area contributed by atoms with Crippen LogP contribution in [0.5, 0.6) is 0 Å². The van der Waals surface area contributed by atoms with Crippen LogP contribution in [-0.4, -0.2) is 34.9 Å². The maximum absolute atomic E-state index is 10.6. The van der Waals surface area contributed by atoms with Crippen LogP contribution in [0.1, 0.15) is 13.3 Å². The van der Waals surface area contributed by atoms with Gasteiger partial charge in [-0.05, 0) is 6.92 Å². The lowest BCUT2D eigenvalue weighted by atomic mass is 10.4. The number of hydrogen-bond acceptors (Lipinski definition) is 5. The van der Waals surface area contributed by atoms with Crippen molar-refractivity contribution in [1.29, 1.82) is 0 Å². The predicted octanol–water partition coefficient (Wildman–Crippen LogP) is -1.21. The third-order valence-corrected chi connectivity index (χ3v) is 1.30. The van der Waals surface area contributed by atoms with E-state index in [4.69, 9.17) is 15.2 Å². The highest BCUT2D eigenvalue weighted by Crippen LogP contribution is 1.92. The molecule has 0 fully saturated rings. The molecular formula is C6H12N2O5. The molecule has 7 heteroatoms. The Morgan fingerprint density at radius 3 is 2.46 bits per heavy atom. The van der Waals surface area contributed by atoms with Gasteiger partial charge in [-0.15, -0.1) is 0 Å². The van der Waals surface area contributed by atoms with Gasteiger partial charge in [-0.3, -0.25) is 20.0 Å². The van der Waals surface area contributed by atoms with Crippen LogP contribution >= 0.6 is 0 Å². The van der Waals surface area contributed by atoms with E-state index in [0.717, 1.165) is 0 Å². The fourth-order valence-corrected chi connectivity index (χ4v) is 0.551. The van der Waals surface area contributed by atoms with Gasteiger partial charge in [0.25, 0.3) is 5.91 Å². The number of hydrogen-bond donors (Lipinski definition) is 4. The lowest BCUT2D eigenvalue weighted by Crippen LogP contribution is -2.33. The first kappa shape index (κ1) is 11.8. The minimum absolute atomic E-state index is 0.0129. The van der Waals surface area contributed by atoms with E-state index in [1.54, 1.807) is 0 Å². The van der Waals surface area contributed by atoms with E-state index in [2.05, 4.69) is 0 Å². The summed E-state index contributed by atoms with van der Waals surface area (Å²) in [6.45, 7) is 1.41. The van der Waals surface area contributed by atoms with Crippen LogP contribution in [0, 0.1) is 0 Å². The molecule has 0 radical (unpaired) electrons. The highest BCUT2D eigenvalue weighted by molar-refractivity contribution is 5.79. The Kier molecular flexibility index (Phi) is 5.77. The van der Waals surface area contributed by atoms with Gasteiger partial charge in [-0.25, -0.2) is 11.0 Å². The number of hydroxylamine groups is 2. The van der Waals surface area contributed by atoms with Gasteiger partial charge in [-0.1, -0.05) is 0 Å². The molecule has 0 heterocycles. The molecule has 0 aromatic rings. The second kappa shape index (κ2) is 6.35. The maximum Gasteiger partial charge on any atom is 0.272 e. The van der Waals surface area contributed by atoms with Crippen molar-refractivity contribution in [2.24, 2.45) is 0 Å². The number of ether oxygens (including phenoxy) is 1. The SMILES string of the molecule is C[C@@H](OCCC(=O)NO)C(=O)NO. The van der Waals surface area contributed by atoms with Crippen molar-refractivity contribution in [2.45, 2.75) is 19.4 Å². The number of rotatable bonds is 5. The summed E-state index contributed by atoms with van der Waals surface area (Å²) in [5.41, 5.74) is 2.82. The molecule has 0 saturated heterocycles. The van der Waals surface area contributed by atoms with Crippen molar-refractivity contribution < 1.29 is 24.7 Å². The number of amides is 2. The van der Waals surface area contributed by atoms with Crippen LogP contribution in [0.3, 0.4) is 0 Å². The summed E-state index contributed by atoms with van der Waals surface area (Å²) < 4.78 is 4.82. The molecule has 7 nitrogen and oxygen atoms in total. The minimum atomic E-state index is -0.837. The van der Waals surface area contributed by atoms with Crippen molar-refractivity contribution in [1.82, 2.24) is 11.0 Å². The van der Waals surface area contributed by atoms with Crippen molar-refractivity contribution in [3.63, 3.8) is 0 Å². The summed E-state index contributed by atoms with van der Waals surface area (Å²) in [6.07, 6.45) is -0.893. The van der Waals surface area contributed by atoms with E-state index in [-0.39, 0.29) is 13.0 Å². The first-order valence-corrected chi connectivity index (χ1v) is 3.60. The van der Waals surface area contributed by atoms with E-state index in [0.29, 0.717) is 0 Å². The summed E-state index contributed by atoms with van der Waals surface area (Å²) in [7, 11) is 0. The van der Waals surface area contributed by atoms with Gasteiger partial charge in [0.15, 0.2) is 0 Å². The molecule has 76 valence electrons. The molecule has 4 N–H and O–H groups in total. The average Bonchev–Trinajstić information content (AvgIpc) is 2.15. The highest BCUT2D eigenvalue weighted by Gasteiger charge is 2.12. The zero-order valence-electron chi connectivity index (χ0n) is 7.11. The maximum atomic E-state index is 10.6. The first-order valence-electron chi connectivity index (χ1n) is 3.60. The average molecular weight is 192 g/mol. The summed E-state index contributed by atoms with van der Waals surface area (Å²) in [5, 5.41) is 16.2.